The first-order valence-corrected chi connectivity index (χ1v) is 5.57. The largest absolute Gasteiger partial charge is 0.416 e. The van der Waals surface area contributed by atoms with Crippen LogP contribution in [0.2, 0.25) is 0 Å². The van der Waals surface area contributed by atoms with Gasteiger partial charge in [0, 0.05) is 11.8 Å². The van der Waals surface area contributed by atoms with Crippen molar-refractivity contribution in [2.75, 3.05) is 0 Å². The number of rotatable bonds is 1. The van der Waals surface area contributed by atoms with Gasteiger partial charge < -0.3 is 0 Å². The van der Waals surface area contributed by atoms with E-state index in [0.29, 0.717) is 22.5 Å². The van der Waals surface area contributed by atoms with E-state index < -0.39 is 34.7 Å². The average Bonchev–Trinajstić information content (AvgIpc) is 2.65. The summed E-state index contributed by atoms with van der Waals surface area (Å²) in [5, 5.41) is 2.39. The molecule has 3 nitrogen and oxygen atoms in total. The van der Waals surface area contributed by atoms with Gasteiger partial charge in [0.1, 0.15) is 0 Å². The number of halogens is 6. The van der Waals surface area contributed by atoms with Gasteiger partial charge in [-0.2, -0.15) is 26.3 Å². The maximum absolute atomic E-state index is 12.7. The Kier molecular flexibility index (Phi) is 3.38. The first-order valence-electron chi connectivity index (χ1n) is 5.57. The Morgan fingerprint density at radius 1 is 0.905 bits per heavy atom. The van der Waals surface area contributed by atoms with Gasteiger partial charge in [-0.3, -0.25) is 9.89 Å². The molecule has 1 aromatic heterocycles. The molecule has 114 valence electrons. The Labute approximate surface area is 113 Å². The van der Waals surface area contributed by atoms with Crippen LogP contribution in [-0.4, -0.2) is 9.78 Å². The second-order valence-electron chi connectivity index (χ2n) is 4.38. The molecular formula is C12H8F6N2O. The number of hydrogen-bond donors (Lipinski definition) is 1. The number of benzene rings is 1. The normalized spacial score (nSPS) is 12.7. The lowest BCUT2D eigenvalue weighted by Gasteiger charge is -2.14. The molecule has 0 atom stereocenters. The summed E-state index contributed by atoms with van der Waals surface area (Å²) in [5.41, 5.74) is -3.93. The summed E-state index contributed by atoms with van der Waals surface area (Å²) in [7, 11) is 0. The fourth-order valence-electron chi connectivity index (χ4n) is 1.77. The van der Waals surface area contributed by atoms with Gasteiger partial charge in [0.05, 0.1) is 16.8 Å². The third-order valence-corrected chi connectivity index (χ3v) is 2.68. The number of hydrogen-bond acceptors (Lipinski definition) is 1. The van der Waals surface area contributed by atoms with E-state index >= 15 is 0 Å². The Bertz CT molecular complexity index is 690. The molecule has 0 amide bonds. The topological polar surface area (TPSA) is 37.8 Å². The van der Waals surface area contributed by atoms with Crippen LogP contribution in [0.1, 0.15) is 16.8 Å². The summed E-state index contributed by atoms with van der Waals surface area (Å²) < 4.78 is 76.8. The van der Waals surface area contributed by atoms with Crippen molar-refractivity contribution in [2.45, 2.75) is 19.3 Å². The average molecular weight is 310 g/mol. The number of aromatic nitrogens is 2. The summed E-state index contributed by atoms with van der Waals surface area (Å²) in [4.78, 5) is 11.5. The molecule has 1 aromatic carbocycles. The molecule has 0 aliphatic heterocycles. The van der Waals surface area contributed by atoms with E-state index in [4.69, 9.17) is 0 Å². The minimum Gasteiger partial charge on any atom is -0.295 e. The van der Waals surface area contributed by atoms with Gasteiger partial charge in [-0.1, -0.05) is 0 Å². The molecule has 0 aliphatic rings. The van der Waals surface area contributed by atoms with Gasteiger partial charge in [0.15, 0.2) is 0 Å². The van der Waals surface area contributed by atoms with Crippen molar-refractivity contribution in [3.05, 3.63) is 51.4 Å². The van der Waals surface area contributed by atoms with Crippen LogP contribution < -0.4 is 5.56 Å². The number of nitrogens with zero attached hydrogens (tertiary/aromatic N) is 1. The molecule has 0 aliphatic carbocycles. The van der Waals surface area contributed by atoms with E-state index in [9.17, 15) is 31.1 Å². The van der Waals surface area contributed by atoms with E-state index in [1.165, 1.54) is 6.92 Å². The van der Waals surface area contributed by atoms with Gasteiger partial charge in [-0.15, -0.1) is 0 Å². The van der Waals surface area contributed by atoms with E-state index in [2.05, 4.69) is 5.10 Å². The molecule has 1 N–H and O–H groups in total. The molecule has 2 rings (SSSR count). The van der Waals surface area contributed by atoms with Crippen molar-refractivity contribution in [1.29, 1.82) is 0 Å². The molecule has 1 heterocycles. The quantitative estimate of drug-likeness (QED) is 0.804. The van der Waals surface area contributed by atoms with Crippen LogP contribution in [0.5, 0.6) is 0 Å². The van der Waals surface area contributed by atoms with Crippen LogP contribution in [0.4, 0.5) is 26.3 Å². The number of aromatic amines is 1. The van der Waals surface area contributed by atoms with Crippen molar-refractivity contribution < 1.29 is 26.3 Å². The third-order valence-electron chi connectivity index (χ3n) is 2.68. The Balaban J connectivity index is 2.72. The minimum absolute atomic E-state index is 0.00430. The molecule has 0 saturated heterocycles. The van der Waals surface area contributed by atoms with E-state index in [-0.39, 0.29) is 6.07 Å². The molecule has 0 unspecified atom stereocenters. The second kappa shape index (κ2) is 4.68. The number of alkyl halides is 6. The smallest absolute Gasteiger partial charge is 0.295 e. The lowest BCUT2D eigenvalue weighted by Crippen LogP contribution is -2.17. The zero-order valence-corrected chi connectivity index (χ0v) is 10.4. The van der Waals surface area contributed by atoms with Gasteiger partial charge in [0.2, 0.25) is 0 Å². The van der Waals surface area contributed by atoms with Crippen molar-refractivity contribution >= 4 is 0 Å². The summed E-state index contributed by atoms with van der Waals surface area (Å²) in [6.45, 7) is 1.45. The lowest BCUT2D eigenvalue weighted by atomic mass is 10.1. The zero-order valence-electron chi connectivity index (χ0n) is 10.4. The minimum atomic E-state index is -4.96. The molecule has 0 saturated carbocycles. The molecule has 0 radical (unpaired) electrons. The van der Waals surface area contributed by atoms with Crippen molar-refractivity contribution in [3.8, 4) is 5.69 Å². The van der Waals surface area contributed by atoms with Crippen molar-refractivity contribution in [1.82, 2.24) is 9.78 Å². The highest BCUT2D eigenvalue weighted by molar-refractivity contribution is 5.42. The number of H-pyrrole nitrogens is 1. The van der Waals surface area contributed by atoms with E-state index in [1.807, 2.05) is 0 Å². The van der Waals surface area contributed by atoms with Gasteiger partial charge >= 0.3 is 12.4 Å². The molecule has 0 spiro atoms. The molecular weight excluding hydrogens is 302 g/mol. The van der Waals surface area contributed by atoms with E-state index in [0.717, 1.165) is 6.07 Å². The van der Waals surface area contributed by atoms with Crippen molar-refractivity contribution in [3.63, 3.8) is 0 Å². The predicted molar refractivity (Wildman–Crippen MR) is 61.1 cm³/mol. The molecule has 0 bridgehead atoms. The first-order chi connectivity index (χ1) is 9.48. The summed E-state index contributed by atoms with van der Waals surface area (Å²) in [6.07, 6.45) is -9.91. The van der Waals surface area contributed by atoms with E-state index in [1.54, 1.807) is 0 Å². The Morgan fingerprint density at radius 2 is 1.38 bits per heavy atom. The summed E-state index contributed by atoms with van der Waals surface area (Å²) >= 11 is 0. The van der Waals surface area contributed by atoms with Crippen LogP contribution in [0.25, 0.3) is 5.69 Å². The van der Waals surface area contributed by atoms with Crippen LogP contribution in [0, 0.1) is 6.92 Å². The van der Waals surface area contributed by atoms with Gasteiger partial charge in [-0.25, -0.2) is 4.68 Å². The van der Waals surface area contributed by atoms with Crippen LogP contribution in [-0.2, 0) is 12.4 Å². The summed E-state index contributed by atoms with van der Waals surface area (Å²) in [6, 6.07) is 2.02. The zero-order chi connectivity index (χ0) is 16.0. The van der Waals surface area contributed by atoms with Gasteiger partial charge in [0.25, 0.3) is 5.56 Å². The molecule has 0 fully saturated rings. The highest BCUT2D eigenvalue weighted by atomic mass is 19.4. The monoisotopic (exact) mass is 310 g/mol. The molecule has 9 heteroatoms. The van der Waals surface area contributed by atoms with Crippen LogP contribution >= 0.6 is 0 Å². The standard InChI is InChI=1S/C12H8F6N2O/c1-6-2-10(21)20(19-6)9-4-7(11(13,14)15)3-8(5-9)12(16,17)18/h2-5,19H,1H3. The third kappa shape index (κ3) is 3.11. The second-order valence-corrected chi connectivity index (χ2v) is 4.38. The maximum atomic E-state index is 12.7. The molecule has 21 heavy (non-hydrogen) atoms. The number of aryl methyl sites for hydroxylation is 1. The highest BCUT2D eigenvalue weighted by Crippen LogP contribution is 2.36. The fraction of sp³-hybridized carbons (Fsp3) is 0.250. The van der Waals surface area contributed by atoms with Crippen LogP contribution in [0.15, 0.2) is 29.1 Å². The SMILES string of the molecule is Cc1cc(=O)n(-c2cc(C(F)(F)F)cc(C(F)(F)F)c2)[nH]1. The number of nitrogens with one attached hydrogen (secondary N) is 1. The first kappa shape index (κ1) is 15.2. The lowest BCUT2D eigenvalue weighted by molar-refractivity contribution is -0.143. The Hall–Kier alpha value is -2.19. The van der Waals surface area contributed by atoms with Gasteiger partial charge in [-0.05, 0) is 25.1 Å². The predicted octanol–water partition coefficient (Wildman–Crippen LogP) is 3.51. The fourth-order valence-corrected chi connectivity index (χ4v) is 1.77. The summed E-state index contributed by atoms with van der Waals surface area (Å²) in [5.74, 6) is 0. The van der Waals surface area contributed by atoms with Crippen molar-refractivity contribution in [2.24, 2.45) is 0 Å². The highest BCUT2D eigenvalue weighted by Gasteiger charge is 2.37. The van der Waals surface area contributed by atoms with Crippen LogP contribution in [0.3, 0.4) is 0 Å². The Morgan fingerprint density at radius 3 is 1.71 bits per heavy atom. The maximum Gasteiger partial charge on any atom is 0.416 e. The molecule has 2 aromatic rings.